The van der Waals surface area contributed by atoms with Crippen LogP contribution in [0, 0.1) is 12.7 Å². The first-order valence-electron chi connectivity index (χ1n) is 9.32. The maximum Gasteiger partial charge on any atom is 0.287 e. The summed E-state index contributed by atoms with van der Waals surface area (Å²) in [5.74, 6) is -0.856. The standard InChI is InChI=1S/C22H18FN5O3/c1-12-9-17(16-8-5-14(23)10-19(16)24-12)21(29)27-28-22(30)20-11-18(25-26-20)13-3-6-15(31-2)7-4-13/h3-11H,1-2H3,(H,25,26)(H,27,29)(H,28,30). The van der Waals surface area contributed by atoms with Crippen LogP contribution in [0.25, 0.3) is 22.2 Å². The highest BCUT2D eigenvalue weighted by molar-refractivity contribution is 6.07. The molecule has 0 saturated heterocycles. The molecule has 2 amide bonds. The van der Waals surface area contributed by atoms with Crippen LogP contribution in [-0.2, 0) is 0 Å². The van der Waals surface area contributed by atoms with Crippen molar-refractivity contribution in [3.05, 3.63) is 77.4 Å². The zero-order chi connectivity index (χ0) is 22.0. The topological polar surface area (TPSA) is 109 Å². The Hall–Kier alpha value is -4.27. The molecule has 2 heterocycles. The number of rotatable bonds is 4. The van der Waals surface area contributed by atoms with Crippen molar-refractivity contribution in [1.82, 2.24) is 26.0 Å². The number of hydrogen-bond acceptors (Lipinski definition) is 5. The molecule has 156 valence electrons. The number of carbonyl (C=O) groups excluding carboxylic acids is 2. The highest BCUT2D eigenvalue weighted by Crippen LogP contribution is 2.21. The molecule has 0 aliphatic heterocycles. The average molecular weight is 419 g/mol. The molecule has 4 rings (SSSR count). The lowest BCUT2D eigenvalue weighted by Gasteiger charge is -2.09. The molecule has 0 aliphatic carbocycles. The summed E-state index contributed by atoms with van der Waals surface area (Å²) in [4.78, 5) is 29.3. The smallest absolute Gasteiger partial charge is 0.287 e. The molecule has 4 aromatic rings. The number of carbonyl (C=O) groups is 2. The number of ether oxygens (including phenoxy) is 1. The second-order valence-corrected chi connectivity index (χ2v) is 6.78. The van der Waals surface area contributed by atoms with Crippen LogP contribution in [-0.4, -0.2) is 34.1 Å². The highest BCUT2D eigenvalue weighted by atomic mass is 19.1. The van der Waals surface area contributed by atoms with E-state index >= 15 is 0 Å². The van der Waals surface area contributed by atoms with Gasteiger partial charge in [-0.15, -0.1) is 0 Å². The minimum atomic E-state index is -0.568. The van der Waals surface area contributed by atoms with E-state index in [0.29, 0.717) is 28.0 Å². The first-order chi connectivity index (χ1) is 14.9. The van der Waals surface area contributed by atoms with Crippen molar-refractivity contribution < 1.29 is 18.7 Å². The van der Waals surface area contributed by atoms with E-state index in [2.05, 4.69) is 26.0 Å². The predicted molar refractivity (Wildman–Crippen MR) is 112 cm³/mol. The second-order valence-electron chi connectivity index (χ2n) is 6.78. The number of hydrogen-bond donors (Lipinski definition) is 3. The molecule has 0 radical (unpaired) electrons. The SMILES string of the molecule is COc1ccc(-c2cc(C(=O)NNC(=O)c3cc(C)nc4cc(F)ccc34)[nH]n2)cc1. The Morgan fingerprint density at radius 2 is 1.74 bits per heavy atom. The minimum absolute atomic E-state index is 0.170. The van der Waals surface area contributed by atoms with Crippen molar-refractivity contribution in [3.8, 4) is 17.0 Å². The lowest BCUT2D eigenvalue weighted by Crippen LogP contribution is -2.41. The van der Waals surface area contributed by atoms with Gasteiger partial charge in [-0.05, 0) is 55.5 Å². The van der Waals surface area contributed by atoms with E-state index in [1.807, 2.05) is 12.1 Å². The Labute approximate surface area is 176 Å². The Bertz CT molecular complexity index is 1280. The average Bonchev–Trinajstić information content (AvgIpc) is 3.27. The van der Waals surface area contributed by atoms with Gasteiger partial charge in [0.2, 0.25) is 0 Å². The number of nitrogens with one attached hydrogen (secondary N) is 3. The lowest BCUT2D eigenvalue weighted by atomic mass is 10.1. The van der Waals surface area contributed by atoms with Gasteiger partial charge in [-0.25, -0.2) is 4.39 Å². The van der Waals surface area contributed by atoms with Crippen LogP contribution < -0.4 is 15.6 Å². The van der Waals surface area contributed by atoms with Gasteiger partial charge >= 0.3 is 0 Å². The van der Waals surface area contributed by atoms with Gasteiger partial charge in [-0.1, -0.05) is 0 Å². The van der Waals surface area contributed by atoms with Crippen LogP contribution in [0.1, 0.15) is 26.5 Å². The van der Waals surface area contributed by atoms with Crippen molar-refractivity contribution >= 4 is 22.7 Å². The van der Waals surface area contributed by atoms with Crippen LogP contribution in [0.3, 0.4) is 0 Å². The third kappa shape index (κ3) is 4.20. The summed E-state index contributed by atoms with van der Waals surface area (Å²) in [6.45, 7) is 1.70. The monoisotopic (exact) mass is 419 g/mol. The number of pyridine rings is 1. The number of fused-ring (bicyclic) bond motifs is 1. The fraction of sp³-hybridized carbons (Fsp3) is 0.0909. The van der Waals surface area contributed by atoms with Gasteiger partial charge in [0, 0.05) is 22.7 Å². The number of H-pyrrole nitrogens is 1. The Morgan fingerprint density at radius 3 is 2.48 bits per heavy atom. The van der Waals surface area contributed by atoms with Crippen LogP contribution >= 0.6 is 0 Å². The number of amides is 2. The number of halogens is 1. The fourth-order valence-corrected chi connectivity index (χ4v) is 3.12. The van der Waals surface area contributed by atoms with Crippen molar-refractivity contribution in [2.24, 2.45) is 0 Å². The normalized spacial score (nSPS) is 10.7. The summed E-state index contributed by atoms with van der Waals surface area (Å²) < 4.78 is 18.6. The summed E-state index contributed by atoms with van der Waals surface area (Å²) >= 11 is 0. The summed E-state index contributed by atoms with van der Waals surface area (Å²) in [6.07, 6.45) is 0. The zero-order valence-corrected chi connectivity index (χ0v) is 16.7. The molecular formula is C22H18FN5O3. The maximum absolute atomic E-state index is 13.5. The molecule has 0 atom stereocenters. The number of aromatic nitrogens is 3. The minimum Gasteiger partial charge on any atom is -0.497 e. The van der Waals surface area contributed by atoms with E-state index in [9.17, 15) is 14.0 Å². The number of aromatic amines is 1. The zero-order valence-electron chi connectivity index (χ0n) is 16.7. The Balaban J connectivity index is 1.47. The summed E-state index contributed by atoms with van der Waals surface area (Å²) in [5.41, 5.74) is 7.43. The van der Waals surface area contributed by atoms with E-state index in [0.717, 1.165) is 5.56 Å². The fourth-order valence-electron chi connectivity index (χ4n) is 3.12. The van der Waals surface area contributed by atoms with Gasteiger partial charge in [0.25, 0.3) is 11.8 Å². The summed E-state index contributed by atoms with van der Waals surface area (Å²) in [5, 5.41) is 7.24. The van der Waals surface area contributed by atoms with Crippen molar-refractivity contribution in [3.63, 3.8) is 0 Å². The van der Waals surface area contributed by atoms with Crippen LogP contribution in [0.5, 0.6) is 5.75 Å². The number of methoxy groups -OCH3 is 1. The van der Waals surface area contributed by atoms with Gasteiger partial charge in [-0.3, -0.25) is 30.5 Å². The third-order valence-electron chi connectivity index (χ3n) is 4.64. The second kappa shape index (κ2) is 8.23. The van der Waals surface area contributed by atoms with Crippen molar-refractivity contribution in [2.75, 3.05) is 7.11 Å². The van der Waals surface area contributed by atoms with Crippen LogP contribution in [0.15, 0.2) is 54.6 Å². The summed E-state index contributed by atoms with van der Waals surface area (Å²) in [7, 11) is 1.58. The molecule has 3 N–H and O–H groups in total. The number of aryl methyl sites for hydroxylation is 1. The molecule has 0 spiro atoms. The highest BCUT2D eigenvalue weighted by Gasteiger charge is 2.16. The van der Waals surface area contributed by atoms with Crippen LogP contribution in [0.2, 0.25) is 0 Å². The van der Waals surface area contributed by atoms with Gasteiger partial charge < -0.3 is 4.74 Å². The van der Waals surface area contributed by atoms with Gasteiger partial charge in [0.1, 0.15) is 17.3 Å². The van der Waals surface area contributed by atoms with E-state index in [1.54, 1.807) is 38.3 Å². The van der Waals surface area contributed by atoms with E-state index in [4.69, 9.17) is 4.74 Å². The molecule has 0 aliphatic rings. The predicted octanol–water partition coefficient (Wildman–Crippen LogP) is 3.16. The molecule has 2 aromatic heterocycles. The number of hydrazine groups is 1. The molecule has 0 fully saturated rings. The molecule has 0 bridgehead atoms. The number of benzene rings is 2. The van der Waals surface area contributed by atoms with E-state index in [1.165, 1.54) is 18.2 Å². The molecule has 2 aromatic carbocycles. The molecule has 0 saturated carbocycles. The first kappa shape index (κ1) is 20.0. The Morgan fingerprint density at radius 1 is 1.00 bits per heavy atom. The third-order valence-corrected chi connectivity index (χ3v) is 4.64. The number of nitrogens with zero attached hydrogens (tertiary/aromatic N) is 2. The molecule has 0 unspecified atom stereocenters. The molecular weight excluding hydrogens is 401 g/mol. The Kier molecular flexibility index (Phi) is 5.31. The lowest BCUT2D eigenvalue weighted by molar-refractivity contribution is 0.0844. The first-order valence-corrected chi connectivity index (χ1v) is 9.32. The molecule has 9 heteroatoms. The van der Waals surface area contributed by atoms with E-state index in [-0.39, 0.29) is 11.3 Å². The van der Waals surface area contributed by atoms with Crippen LogP contribution in [0.4, 0.5) is 4.39 Å². The maximum atomic E-state index is 13.5. The van der Waals surface area contributed by atoms with Gasteiger partial charge in [0.05, 0.1) is 23.9 Å². The quantitative estimate of drug-likeness (QED) is 0.440. The molecule has 8 nitrogen and oxygen atoms in total. The van der Waals surface area contributed by atoms with Crippen molar-refractivity contribution in [2.45, 2.75) is 6.92 Å². The molecule has 31 heavy (non-hydrogen) atoms. The van der Waals surface area contributed by atoms with Gasteiger partial charge in [-0.2, -0.15) is 5.10 Å². The largest absolute Gasteiger partial charge is 0.497 e. The summed E-state index contributed by atoms with van der Waals surface area (Å²) in [6, 6.07) is 14.3. The van der Waals surface area contributed by atoms with Gasteiger partial charge in [0.15, 0.2) is 0 Å². The van der Waals surface area contributed by atoms with Crippen molar-refractivity contribution in [1.29, 1.82) is 0 Å². The van der Waals surface area contributed by atoms with E-state index < -0.39 is 17.6 Å².